The van der Waals surface area contributed by atoms with Gasteiger partial charge in [0.1, 0.15) is 5.60 Å². The van der Waals surface area contributed by atoms with Crippen LogP contribution in [0.5, 0.6) is 0 Å². The maximum Gasteiger partial charge on any atom is 0.306 e. The van der Waals surface area contributed by atoms with Gasteiger partial charge in [0.15, 0.2) is 5.78 Å². The second-order valence-corrected chi connectivity index (χ2v) is 10.1. The number of allylic oxidation sites excluding steroid dienone is 4. The molecule has 5 rings (SSSR count). The average molecular weight is 354 g/mol. The van der Waals surface area contributed by atoms with Gasteiger partial charge in [0.25, 0.3) is 0 Å². The Kier molecular flexibility index (Phi) is 3.30. The number of hydrogen-bond acceptors (Lipinski definition) is 3. The van der Waals surface area contributed by atoms with Crippen molar-refractivity contribution in [2.75, 3.05) is 0 Å². The Labute approximate surface area is 156 Å². The Morgan fingerprint density at radius 1 is 1.12 bits per heavy atom. The normalized spacial score (nSPS) is 49.9. The van der Waals surface area contributed by atoms with Gasteiger partial charge in [0.2, 0.25) is 0 Å². The lowest BCUT2D eigenvalue weighted by Gasteiger charge is -2.56. The molecule has 0 radical (unpaired) electrons. The van der Waals surface area contributed by atoms with Crippen LogP contribution in [0.4, 0.5) is 0 Å². The second-order valence-electron chi connectivity index (χ2n) is 10.1. The van der Waals surface area contributed by atoms with Crippen LogP contribution in [0.3, 0.4) is 0 Å². The number of ketones is 1. The van der Waals surface area contributed by atoms with Gasteiger partial charge in [-0.15, -0.1) is 0 Å². The highest BCUT2D eigenvalue weighted by molar-refractivity contribution is 5.92. The molecule has 26 heavy (non-hydrogen) atoms. The first kappa shape index (κ1) is 16.8. The summed E-state index contributed by atoms with van der Waals surface area (Å²) in [6.07, 6.45) is 11.9. The van der Waals surface area contributed by atoms with Crippen molar-refractivity contribution < 1.29 is 14.3 Å². The summed E-state index contributed by atoms with van der Waals surface area (Å²) < 4.78 is 6.02. The predicted octanol–water partition coefficient (Wildman–Crippen LogP) is 4.76. The zero-order valence-electron chi connectivity index (χ0n) is 16.3. The summed E-state index contributed by atoms with van der Waals surface area (Å²) in [7, 11) is 0. The number of ether oxygens (including phenoxy) is 1. The smallest absolute Gasteiger partial charge is 0.306 e. The Morgan fingerprint density at radius 3 is 2.65 bits per heavy atom. The van der Waals surface area contributed by atoms with Gasteiger partial charge in [-0.05, 0) is 62.4 Å². The fourth-order valence-corrected chi connectivity index (χ4v) is 7.46. The van der Waals surface area contributed by atoms with E-state index in [-0.39, 0.29) is 22.4 Å². The maximum absolute atomic E-state index is 12.0. The number of carbonyl (C=O) groups is 2. The highest BCUT2D eigenvalue weighted by Crippen LogP contribution is 2.68. The first-order valence-corrected chi connectivity index (χ1v) is 10.5. The molecule has 140 valence electrons. The van der Waals surface area contributed by atoms with Crippen LogP contribution in [-0.2, 0) is 14.3 Å². The van der Waals surface area contributed by atoms with Crippen molar-refractivity contribution in [3.8, 4) is 0 Å². The van der Waals surface area contributed by atoms with Crippen LogP contribution in [0.15, 0.2) is 23.3 Å². The van der Waals surface area contributed by atoms with Crippen molar-refractivity contribution >= 4 is 11.8 Å². The number of hydrogen-bond donors (Lipinski definition) is 0. The lowest BCUT2D eigenvalue weighted by molar-refractivity contribution is -0.160. The molecular weight excluding hydrogens is 324 g/mol. The lowest BCUT2D eigenvalue weighted by atomic mass is 9.48. The third-order valence-corrected chi connectivity index (χ3v) is 9.01. The number of esters is 1. The van der Waals surface area contributed by atoms with E-state index >= 15 is 0 Å². The van der Waals surface area contributed by atoms with Crippen molar-refractivity contribution in [1.29, 1.82) is 0 Å². The van der Waals surface area contributed by atoms with E-state index in [1.54, 1.807) is 5.57 Å². The minimum absolute atomic E-state index is 0.00122. The molecule has 0 unspecified atom stereocenters. The van der Waals surface area contributed by atoms with Crippen LogP contribution in [0.1, 0.15) is 72.1 Å². The first-order chi connectivity index (χ1) is 12.3. The van der Waals surface area contributed by atoms with Gasteiger partial charge >= 0.3 is 5.97 Å². The number of carbonyl (C=O) groups excluding carboxylic acids is 2. The molecule has 3 heteroatoms. The van der Waals surface area contributed by atoms with Crippen LogP contribution < -0.4 is 0 Å². The molecule has 0 aromatic carbocycles. The molecule has 5 aliphatic rings. The Balaban J connectivity index is 1.59. The van der Waals surface area contributed by atoms with Gasteiger partial charge in [-0.3, -0.25) is 9.59 Å². The minimum Gasteiger partial charge on any atom is -0.458 e. The van der Waals surface area contributed by atoms with E-state index in [0.29, 0.717) is 36.4 Å². The molecule has 0 N–H and O–H groups in total. The number of rotatable bonds is 0. The van der Waals surface area contributed by atoms with E-state index in [9.17, 15) is 9.59 Å². The average Bonchev–Trinajstić information content (AvgIpc) is 3.11. The summed E-state index contributed by atoms with van der Waals surface area (Å²) in [6, 6.07) is 0. The molecule has 0 aromatic rings. The van der Waals surface area contributed by atoms with Crippen molar-refractivity contribution in [1.82, 2.24) is 0 Å². The SMILES string of the molecule is C[C@@H]1CC2=CC(=O)CC[C@]2(C)C2=CC[C@@]3(C)[C@@H](CC[C@@]34CCC(=O)O4)[C@@H]21. The topological polar surface area (TPSA) is 43.4 Å². The molecule has 0 bridgehead atoms. The molecule has 3 nitrogen and oxygen atoms in total. The van der Waals surface area contributed by atoms with Crippen molar-refractivity contribution in [3.63, 3.8) is 0 Å². The molecule has 4 aliphatic carbocycles. The Morgan fingerprint density at radius 2 is 1.92 bits per heavy atom. The molecule has 0 aromatic heterocycles. The molecule has 1 spiro atoms. The van der Waals surface area contributed by atoms with Gasteiger partial charge in [0, 0.05) is 23.7 Å². The summed E-state index contributed by atoms with van der Waals surface area (Å²) in [6.45, 7) is 7.13. The standard InChI is InChI=1S/C23H30O3/c1-14-12-15-13-16(24)4-8-21(15,2)17-5-9-22(3)18(20(14)17)6-10-23(22)11-7-19(25)26-23/h5,13-14,18,20H,4,6-12H2,1-3H3/t14-,18+,20-,21+,22+,23-/m1/s1. The van der Waals surface area contributed by atoms with Crippen molar-refractivity contribution in [2.45, 2.75) is 77.7 Å². The summed E-state index contributed by atoms with van der Waals surface area (Å²) in [4.78, 5) is 24.0. The third kappa shape index (κ3) is 1.90. The van der Waals surface area contributed by atoms with Crippen LogP contribution in [-0.4, -0.2) is 17.4 Å². The van der Waals surface area contributed by atoms with Crippen LogP contribution >= 0.6 is 0 Å². The van der Waals surface area contributed by atoms with Crippen LogP contribution in [0.2, 0.25) is 0 Å². The quantitative estimate of drug-likeness (QED) is 0.465. The van der Waals surface area contributed by atoms with E-state index in [0.717, 1.165) is 32.1 Å². The zero-order chi connectivity index (χ0) is 18.3. The van der Waals surface area contributed by atoms with Gasteiger partial charge in [-0.1, -0.05) is 38.0 Å². The van der Waals surface area contributed by atoms with Crippen LogP contribution in [0.25, 0.3) is 0 Å². The third-order valence-electron chi connectivity index (χ3n) is 9.01. The second kappa shape index (κ2) is 5.11. The Hall–Kier alpha value is -1.38. The lowest BCUT2D eigenvalue weighted by Crippen LogP contribution is -2.52. The van der Waals surface area contributed by atoms with Crippen molar-refractivity contribution in [2.24, 2.45) is 28.6 Å². The highest BCUT2D eigenvalue weighted by Gasteiger charge is 2.66. The fourth-order valence-electron chi connectivity index (χ4n) is 7.46. The summed E-state index contributed by atoms with van der Waals surface area (Å²) in [5.41, 5.74) is 2.89. The van der Waals surface area contributed by atoms with E-state index in [1.165, 1.54) is 12.0 Å². The largest absolute Gasteiger partial charge is 0.458 e. The van der Waals surface area contributed by atoms with Crippen molar-refractivity contribution in [3.05, 3.63) is 23.3 Å². The van der Waals surface area contributed by atoms with Gasteiger partial charge < -0.3 is 4.74 Å². The monoisotopic (exact) mass is 354 g/mol. The van der Waals surface area contributed by atoms with Gasteiger partial charge in [-0.25, -0.2) is 0 Å². The molecule has 6 atom stereocenters. The molecule has 0 amide bonds. The molecule has 1 heterocycles. The zero-order valence-corrected chi connectivity index (χ0v) is 16.3. The summed E-state index contributed by atoms with van der Waals surface area (Å²) in [5.74, 6) is 2.04. The van der Waals surface area contributed by atoms with Gasteiger partial charge in [0.05, 0.1) is 0 Å². The van der Waals surface area contributed by atoms with E-state index < -0.39 is 0 Å². The van der Waals surface area contributed by atoms with E-state index in [4.69, 9.17) is 4.74 Å². The summed E-state index contributed by atoms with van der Waals surface area (Å²) in [5, 5.41) is 0. The molecular formula is C23H30O3. The fraction of sp³-hybridized carbons (Fsp3) is 0.739. The molecule has 1 saturated heterocycles. The minimum atomic E-state index is -0.226. The molecule has 3 fully saturated rings. The van der Waals surface area contributed by atoms with Crippen LogP contribution in [0, 0.1) is 28.6 Å². The first-order valence-electron chi connectivity index (χ1n) is 10.5. The van der Waals surface area contributed by atoms with E-state index in [2.05, 4.69) is 26.8 Å². The van der Waals surface area contributed by atoms with Gasteiger partial charge in [-0.2, -0.15) is 0 Å². The maximum atomic E-state index is 12.0. The molecule has 1 aliphatic heterocycles. The predicted molar refractivity (Wildman–Crippen MR) is 99.3 cm³/mol. The number of fused-ring (bicyclic) bond motifs is 6. The molecule has 2 saturated carbocycles. The summed E-state index contributed by atoms with van der Waals surface area (Å²) >= 11 is 0. The van der Waals surface area contributed by atoms with E-state index in [1.807, 2.05) is 6.08 Å². The highest BCUT2D eigenvalue weighted by atomic mass is 16.6. The Bertz CT molecular complexity index is 761.